The molecule has 1 aliphatic rings. The lowest BCUT2D eigenvalue weighted by molar-refractivity contribution is 0.108. The second kappa shape index (κ2) is 6.42. The fraction of sp³-hybridized carbons (Fsp3) is 0.368. The zero-order valence-electron chi connectivity index (χ0n) is 15.5. The highest BCUT2D eigenvalue weighted by molar-refractivity contribution is 6.35. The second-order valence-electron chi connectivity index (χ2n) is 7.25. The maximum absolute atomic E-state index is 13.4. The van der Waals surface area contributed by atoms with Gasteiger partial charge < -0.3 is 9.30 Å². The molecule has 0 bridgehead atoms. The van der Waals surface area contributed by atoms with Crippen molar-refractivity contribution in [3.8, 4) is 5.82 Å². The van der Waals surface area contributed by atoms with Crippen molar-refractivity contribution in [3.05, 3.63) is 51.8 Å². The molecule has 0 saturated carbocycles. The summed E-state index contributed by atoms with van der Waals surface area (Å²) in [4.78, 5) is 17.9. The summed E-state index contributed by atoms with van der Waals surface area (Å²) in [6, 6.07) is 5.51. The molecule has 0 amide bonds. The lowest BCUT2D eigenvalue weighted by Gasteiger charge is -2.16. The number of benzene rings is 1. The van der Waals surface area contributed by atoms with Gasteiger partial charge in [-0.1, -0.05) is 22.9 Å². The van der Waals surface area contributed by atoms with E-state index < -0.39 is 0 Å². The van der Waals surface area contributed by atoms with Crippen molar-refractivity contribution in [1.29, 1.82) is 0 Å². The predicted molar refractivity (Wildman–Crippen MR) is 105 cm³/mol. The minimum absolute atomic E-state index is 0.0467. The molecule has 1 fully saturated rings. The molecule has 4 aromatic rings. The van der Waals surface area contributed by atoms with E-state index >= 15 is 0 Å². The molecular formula is C19H19ClN6O2. The largest absolute Gasteiger partial charge is 0.372 e. The fourth-order valence-corrected chi connectivity index (χ4v) is 4.13. The van der Waals surface area contributed by atoms with Gasteiger partial charge >= 0.3 is 0 Å². The molecule has 3 aromatic heterocycles. The van der Waals surface area contributed by atoms with Gasteiger partial charge in [0, 0.05) is 12.6 Å². The molecule has 5 rings (SSSR count). The van der Waals surface area contributed by atoms with Crippen LogP contribution in [0.25, 0.3) is 22.4 Å². The lowest BCUT2D eigenvalue weighted by Crippen LogP contribution is -2.25. The molecule has 8 nitrogen and oxygen atoms in total. The number of hydrogen-bond acceptors (Lipinski definition) is 5. The normalized spacial score (nSPS) is 17.4. The number of fused-ring (bicyclic) bond motifs is 3. The van der Waals surface area contributed by atoms with E-state index in [0.717, 1.165) is 30.7 Å². The van der Waals surface area contributed by atoms with Crippen LogP contribution in [-0.4, -0.2) is 35.6 Å². The topological polar surface area (TPSA) is 79.2 Å². The van der Waals surface area contributed by atoms with Gasteiger partial charge in [-0.15, -0.1) is 5.10 Å². The van der Waals surface area contributed by atoms with E-state index in [9.17, 15) is 4.79 Å². The number of para-hydroxylation sites is 1. The minimum atomic E-state index is -0.169. The Balaban J connectivity index is 1.78. The Morgan fingerprint density at radius 3 is 2.89 bits per heavy atom. The van der Waals surface area contributed by atoms with Gasteiger partial charge in [-0.05, 0) is 38.8 Å². The van der Waals surface area contributed by atoms with E-state index in [-0.39, 0.29) is 17.7 Å². The Labute approximate surface area is 165 Å². The maximum atomic E-state index is 13.4. The van der Waals surface area contributed by atoms with Crippen LogP contribution in [-0.2, 0) is 4.74 Å². The second-order valence-corrected chi connectivity index (χ2v) is 7.66. The summed E-state index contributed by atoms with van der Waals surface area (Å²) < 4.78 is 10.7. The van der Waals surface area contributed by atoms with Crippen LogP contribution < -0.4 is 5.56 Å². The third-order valence-corrected chi connectivity index (χ3v) is 5.44. The molecule has 1 atom stereocenters. The Kier molecular flexibility index (Phi) is 3.99. The molecule has 1 aliphatic heterocycles. The quantitative estimate of drug-likeness (QED) is 0.529. The summed E-state index contributed by atoms with van der Waals surface area (Å²) in [5.41, 5.74) is 2.53. The number of nitrogens with zero attached hydrogens (tertiary/aromatic N) is 6. The highest BCUT2D eigenvalue weighted by Gasteiger charge is 2.24. The van der Waals surface area contributed by atoms with E-state index in [1.165, 1.54) is 0 Å². The Bertz CT molecular complexity index is 1250. The van der Waals surface area contributed by atoms with Gasteiger partial charge in [0.1, 0.15) is 18.1 Å². The van der Waals surface area contributed by atoms with Crippen LogP contribution in [0.1, 0.15) is 44.5 Å². The Morgan fingerprint density at radius 2 is 2.14 bits per heavy atom. The molecule has 144 valence electrons. The van der Waals surface area contributed by atoms with Crippen LogP contribution in [0.5, 0.6) is 0 Å². The number of aromatic nitrogens is 6. The van der Waals surface area contributed by atoms with Crippen LogP contribution >= 0.6 is 11.6 Å². The summed E-state index contributed by atoms with van der Waals surface area (Å²) in [5, 5.41) is 8.97. The average Bonchev–Trinajstić information content (AvgIpc) is 3.41. The van der Waals surface area contributed by atoms with Crippen LogP contribution in [0, 0.1) is 0 Å². The fourth-order valence-electron chi connectivity index (χ4n) is 3.87. The first-order chi connectivity index (χ1) is 13.6. The summed E-state index contributed by atoms with van der Waals surface area (Å²) in [5.74, 6) is 0.443. The summed E-state index contributed by atoms with van der Waals surface area (Å²) >= 11 is 6.44. The molecule has 1 saturated heterocycles. The highest BCUT2D eigenvalue weighted by atomic mass is 35.5. The Morgan fingerprint density at radius 1 is 1.29 bits per heavy atom. The summed E-state index contributed by atoms with van der Waals surface area (Å²) in [6.07, 6.45) is 5.31. The van der Waals surface area contributed by atoms with Crippen molar-refractivity contribution in [2.24, 2.45) is 0 Å². The number of hydrogen-bond donors (Lipinski definition) is 0. The maximum Gasteiger partial charge on any atom is 0.279 e. The number of rotatable bonds is 3. The number of ether oxygens (including phenoxy) is 1. The number of imidazole rings is 1. The first-order valence-corrected chi connectivity index (χ1v) is 9.68. The Hall–Kier alpha value is -2.71. The molecule has 4 heterocycles. The molecule has 1 aromatic carbocycles. The van der Waals surface area contributed by atoms with E-state index in [0.29, 0.717) is 21.9 Å². The van der Waals surface area contributed by atoms with E-state index in [4.69, 9.17) is 16.3 Å². The van der Waals surface area contributed by atoms with Gasteiger partial charge in [-0.3, -0.25) is 9.20 Å². The van der Waals surface area contributed by atoms with Crippen molar-refractivity contribution < 1.29 is 4.74 Å². The van der Waals surface area contributed by atoms with Crippen LogP contribution in [0.15, 0.2) is 35.5 Å². The highest BCUT2D eigenvalue weighted by Crippen LogP contribution is 2.29. The van der Waals surface area contributed by atoms with Gasteiger partial charge in [0.05, 0.1) is 22.3 Å². The van der Waals surface area contributed by atoms with Crippen molar-refractivity contribution in [1.82, 2.24) is 28.9 Å². The molecule has 28 heavy (non-hydrogen) atoms. The van der Waals surface area contributed by atoms with Gasteiger partial charge in [-0.2, -0.15) is 4.68 Å². The van der Waals surface area contributed by atoms with Gasteiger partial charge in [0.25, 0.3) is 5.56 Å². The van der Waals surface area contributed by atoms with Crippen molar-refractivity contribution >= 4 is 28.2 Å². The zero-order valence-corrected chi connectivity index (χ0v) is 16.3. The molecular weight excluding hydrogens is 380 g/mol. The van der Waals surface area contributed by atoms with E-state index in [1.54, 1.807) is 32.2 Å². The molecule has 0 radical (unpaired) electrons. The van der Waals surface area contributed by atoms with Gasteiger partial charge in [0.2, 0.25) is 0 Å². The first kappa shape index (κ1) is 17.4. The SMILES string of the molecule is CC(C)n1c(=O)c2c(-n3cc(C4CCCO4)nn3)ncn2c2cccc(Cl)c21. The monoisotopic (exact) mass is 398 g/mol. The van der Waals surface area contributed by atoms with E-state index in [1.807, 2.05) is 26.0 Å². The third kappa shape index (κ3) is 2.48. The minimum Gasteiger partial charge on any atom is -0.372 e. The third-order valence-electron chi connectivity index (χ3n) is 5.14. The van der Waals surface area contributed by atoms with Crippen molar-refractivity contribution in [2.75, 3.05) is 6.61 Å². The molecule has 0 N–H and O–H groups in total. The number of halogens is 1. The molecule has 0 spiro atoms. The summed E-state index contributed by atoms with van der Waals surface area (Å²) in [7, 11) is 0. The molecule has 1 unspecified atom stereocenters. The van der Waals surface area contributed by atoms with Crippen molar-refractivity contribution in [2.45, 2.75) is 38.8 Å². The van der Waals surface area contributed by atoms with Crippen LogP contribution in [0.4, 0.5) is 0 Å². The predicted octanol–water partition coefficient (Wildman–Crippen LogP) is 3.32. The van der Waals surface area contributed by atoms with Gasteiger partial charge in [0.15, 0.2) is 11.3 Å². The summed E-state index contributed by atoms with van der Waals surface area (Å²) in [6.45, 7) is 4.65. The van der Waals surface area contributed by atoms with Crippen LogP contribution in [0.3, 0.4) is 0 Å². The molecule has 9 heteroatoms. The lowest BCUT2D eigenvalue weighted by atomic mass is 10.2. The van der Waals surface area contributed by atoms with Crippen molar-refractivity contribution in [3.63, 3.8) is 0 Å². The van der Waals surface area contributed by atoms with Crippen LogP contribution in [0.2, 0.25) is 5.02 Å². The molecule has 0 aliphatic carbocycles. The standard InChI is InChI=1S/C19H19ClN6O2/c1-11(2)26-16-12(20)5-3-6-14(16)24-10-21-18(17(24)19(26)27)25-9-13(22-23-25)15-7-4-8-28-15/h3,5-6,9-11,15H,4,7-8H2,1-2H3. The average molecular weight is 399 g/mol. The first-order valence-electron chi connectivity index (χ1n) is 9.30. The van der Waals surface area contributed by atoms with Gasteiger partial charge in [-0.25, -0.2) is 4.98 Å². The smallest absolute Gasteiger partial charge is 0.279 e. The zero-order chi connectivity index (χ0) is 19.4. The van der Waals surface area contributed by atoms with E-state index in [2.05, 4.69) is 15.3 Å².